The van der Waals surface area contributed by atoms with Gasteiger partial charge in [-0.3, -0.25) is 0 Å². The van der Waals surface area contributed by atoms with Crippen molar-refractivity contribution in [1.29, 1.82) is 0 Å². The predicted octanol–water partition coefficient (Wildman–Crippen LogP) is 3.12. The van der Waals surface area contributed by atoms with Gasteiger partial charge in [-0.25, -0.2) is 9.97 Å². The lowest BCUT2D eigenvalue weighted by molar-refractivity contribution is 0.396. The summed E-state index contributed by atoms with van der Waals surface area (Å²) in [5, 5.41) is 0. The van der Waals surface area contributed by atoms with Gasteiger partial charge in [0.15, 0.2) is 0 Å². The van der Waals surface area contributed by atoms with Gasteiger partial charge in [0.05, 0.1) is 18.1 Å². The second kappa shape index (κ2) is 4.37. The van der Waals surface area contributed by atoms with E-state index < -0.39 is 0 Å². The van der Waals surface area contributed by atoms with E-state index in [4.69, 9.17) is 4.74 Å². The summed E-state index contributed by atoms with van der Waals surface area (Å²) in [6.07, 6.45) is 3.30. The van der Waals surface area contributed by atoms with E-state index in [0.717, 1.165) is 28.9 Å². The monoisotopic (exact) mass is 244 g/mol. The third-order valence-corrected chi connectivity index (χ3v) is 3.78. The number of para-hydroxylation sites is 2. The number of hydrogen-bond acceptors (Lipinski definition) is 4. The molecule has 0 bridgehead atoms. The number of rotatable bonds is 2. The normalized spacial score (nSPS) is 15.0. The van der Waals surface area contributed by atoms with Crippen molar-refractivity contribution in [2.75, 3.05) is 12.9 Å². The van der Waals surface area contributed by atoms with Crippen LogP contribution in [0.4, 0.5) is 0 Å². The van der Waals surface area contributed by atoms with Gasteiger partial charge in [0.2, 0.25) is 5.88 Å². The van der Waals surface area contributed by atoms with E-state index >= 15 is 0 Å². The molecule has 0 aliphatic carbocycles. The Morgan fingerprint density at radius 3 is 2.59 bits per heavy atom. The third-order valence-electron chi connectivity index (χ3n) is 2.67. The van der Waals surface area contributed by atoms with Crippen molar-refractivity contribution in [2.45, 2.75) is 6.42 Å². The topological polar surface area (TPSA) is 35.0 Å². The minimum atomic E-state index is 0.615. The van der Waals surface area contributed by atoms with E-state index in [-0.39, 0.29) is 0 Å². The SMILES string of the molecule is COc1nc2ccccc2nc1C1=CCCS1. The molecule has 0 unspecified atom stereocenters. The first kappa shape index (κ1) is 10.6. The quantitative estimate of drug-likeness (QED) is 0.813. The zero-order valence-corrected chi connectivity index (χ0v) is 10.3. The molecular weight excluding hydrogens is 232 g/mol. The second-order valence-electron chi connectivity index (χ2n) is 3.78. The molecule has 1 aliphatic rings. The molecule has 0 amide bonds. The summed E-state index contributed by atoms with van der Waals surface area (Å²) in [5.74, 6) is 1.73. The van der Waals surface area contributed by atoms with Gasteiger partial charge in [0.25, 0.3) is 0 Å². The third kappa shape index (κ3) is 1.89. The van der Waals surface area contributed by atoms with Crippen LogP contribution in [0.25, 0.3) is 15.9 Å². The average Bonchev–Trinajstić information content (AvgIpc) is 2.91. The number of allylic oxidation sites excluding steroid dienone is 1. The fraction of sp³-hybridized carbons (Fsp3) is 0.231. The van der Waals surface area contributed by atoms with Crippen LogP contribution in [0.5, 0.6) is 5.88 Å². The molecule has 3 rings (SSSR count). The van der Waals surface area contributed by atoms with Crippen molar-refractivity contribution in [2.24, 2.45) is 0 Å². The van der Waals surface area contributed by atoms with Crippen molar-refractivity contribution >= 4 is 27.7 Å². The fourth-order valence-electron chi connectivity index (χ4n) is 1.87. The lowest BCUT2D eigenvalue weighted by Crippen LogP contribution is -1.97. The molecule has 0 saturated heterocycles. The van der Waals surface area contributed by atoms with Crippen LogP contribution in [0.1, 0.15) is 12.1 Å². The number of aromatic nitrogens is 2. The highest BCUT2D eigenvalue weighted by atomic mass is 32.2. The maximum Gasteiger partial charge on any atom is 0.241 e. The van der Waals surface area contributed by atoms with Gasteiger partial charge in [-0.2, -0.15) is 0 Å². The summed E-state index contributed by atoms with van der Waals surface area (Å²) in [7, 11) is 1.64. The van der Waals surface area contributed by atoms with Crippen LogP contribution in [0, 0.1) is 0 Å². The largest absolute Gasteiger partial charge is 0.479 e. The molecule has 3 nitrogen and oxygen atoms in total. The number of ether oxygens (including phenoxy) is 1. The lowest BCUT2D eigenvalue weighted by atomic mass is 10.2. The molecule has 0 atom stereocenters. The van der Waals surface area contributed by atoms with Crippen LogP contribution in [-0.4, -0.2) is 22.8 Å². The van der Waals surface area contributed by atoms with Gasteiger partial charge >= 0.3 is 0 Å². The summed E-state index contributed by atoms with van der Waals surface area (Å²) < 4.78 is 5.34. The Morgan fingerprint density at radius 2 is 1.94 bits per heavy atom. The van der Waals surface area contributed by atoms with E-state index in [9.17, 15) is 0 Å². The summed E-state index contributed by atoms with van der Waals surface area (Å²) in [5.41, 5.74) is 2.65. The van der Waals surface area contributed by atoms with Crippen LogP contribution < -0.4 is 4.74 Å². The smallest absolute Gasteiger partial charge is 0.241 e. The molecular formula is C13H12N2OS. The molecule has 2 heterocycles. The van der Waals surface area contributed by atoms with Crippen LogP contribution >= 0.6 is 11.8 Å². The van der Waals surface area contributed by atoms with Gasteiger partial charge in [-0.1, -0.05) is 18.2 Å². The summed E-state index contributed by atoms with van der Waals surface area (Å²) >= 11 is 1.81. The van der Waals surface area contributed by atoms with Crippen LogP contribution in [0.15, 0.2) is 30.3 Å². The molecule has 2 aromatic rings. The summed E-state index contributed by atoms with van der Waals surface area (Å²) in [6, 6.07) is 7.86. The standard InChI is InChI=1S/C13H12N2OS/c1-16-13-12(11-7-4-8-17-11)14-9-5-2-3-6-10(9)15-13/h2-3,5-7H,4,8H2,1H3. The second-order valence-corrected chi connectivity index (χ2v) is 4.91. The van der Waals surface area contributed by atoms with Gasteiger partial charge in [0, 0.05) is 10.7 Å². The molecule has 1 aromatic carbocycles. The van der Waals surface area contributed by atoms with Crippen LogP contribution in [0.3, 0.4) is 0 Å². The number of thioether (sulfide) groups is 1. The van der Waals surface area contributed by atoms with Crippen molar-refractivity contribution in [1.82, 2.24) is 9.97 Å². The number of hydrogen-bond donors (Lipinski definition) is 0. The Balaban J connectivity index is 2.21. The van der Waals surface area contributed by atoms with Crippen molar-refractivity contribution in [3.05, 3.63) is 36.0 Å². The Kier molecular flexibility index (Phi) is 2.73. The van der Waals surface area contributed by atoms with Gasteiger partial charge < -0.3 is 4.74 Å². The Bertz CT molecular complexity index is 595. The van der Waals surface area contributed by atoms with Crippen LogP contribution in [-0.2, 0) is 0 Å². The molecule has 86 valence electrons. The minimum Gasteiger partial charge on any atom is -0.479 e. The van der Waals surface area contributed by atoms with E-state index in [1.165, 1.54) is 4.91 Å². The van der Waals surface area contributed by atoms with Gasteiger partial charge in [-0.15, -0.1) is 11.8 Å². The molecule has 0 N–H and O–H groups in total. The first-order valence-corrected chi connectivity index (χ1v) is 6.51. The highest BCUT2D eigenvalue weighted by Gasteiger charge is 2.16. The van der Waals surface area contributed by atoms with E-state index in [1.54, 1.807) is 7.11 Å². The zero-order chi connectivity index (χ0) is 11.7. The molecule has 1 aliphatic heterocycles. The van der Waals surface area contributed by atoms with Gasteiger partial charge in [0.1, 0.15) is 5.69 Å². The number of fused-ring (bicyclic) bond motifs is 1. The number of methoxy groups -OCH3 is 1. The first-order valence-electron chi connectivity index (χ1n) is 5.52. The molecule has 1 aromatic heterocycles. The highest BCUT2D eigenvalue weighted by Crippen LogP contribution is 2.37. The van der Waals surface area contributed by atoms with E-state index in [1.807, 2.05) is 36.0 Å². The lowest BCUT2D eigenvalue weighted by Gasteiger charge is -2.08. The maximum absolute atomic E-state index is 5.34. The summed E-state index contributed by atoms with van der Waals surface area (Å²) in [4.78, 5) is 10.3. The van der Waals surface area contributed by atoms with Gasteiger partial charge in [-0.05, 0) is 18.6 Å². The van der Waals surface area contributed by atoms with Crippen molar-refractivity contribution in [3.8, 4) is 5.88 Å². The minimum absolute atomic E-state index is 0.615. The van der Waals surface area contributed by atoms with E-state index in [0.29, 0.717) is 5.88 Å². The molecule has 0 fully saturated rings. The Labute approximate surface area is 104 Å². The number of nitrogens with zero attached hydrogens (tertiary/aromatic N) is 2. The molecule has 0 spiro atoms. The van der Waals surface area contributed by atoms with Crippen molar-refractivity contribution < 1.29 is 4.74 Å². The summed E-state index contributed by atoms with van der Waals surface area (Å²) in [6.45, 7) is 0. The maximum atomic E-state index is 5.34. The first-order chi connectivity index (χ1) is 8.38. The molecule has 4 heteroatoms. The Hall–Kier alpha value is -1.55. The van der Waals surface area contributed by atoms with Crippen LogP contribution in [0.2, 0.25) is 0 Å². The number of benzene rings is 1. The molecule has 0 radical (unpaired) electrons. The Morgan fingerprint density at radius 1 is 1.18 bits per heavy atom. The van der Waals surface area contributed by atoms with E-state index in [2.05, 4.69) is 16.0 Å². The molecule has 0 saturated carbocycles. The molecule has 17 heavy (non-hydrogen) atoms. The zero-order valence-electron chi connectivity index (χ0n) is 9.51. The van der Waals surface area contributed by atoms with Crippen molar-refractivity contribution in [3.63, 3.8) is 0 Å². The predicted molar refractivity (Wildman–Crippen MR) is 71.1 cm³/mol. The highest BCUT2D eigenvalue weighted by molar-refractivity contribution is 8.08. The fourth-order valence-corrected chi connectivity index (χ4v) is 2.83. The average molecular weight is 244 g/mol.